The number of benzene rings is 1. The molecule has 1 aromatic carbocycles. The van der Waals surface area contributed by atoms with Gasteiger partial charge in [0.25, 0.3) is 0 Å². The fourth-order valence-electron chi connectivity index (χ4n) is 2.89. The topological polar surface area (TPSA) is 24.9 Å². The summed E-state index contributed by atoms with van der Waals surface area (Å²) in [5.74, 6) is 0.800. The summed E-state index contributed by atoms with van der Waals surface area (Å²) in [6.07, 6.45) is 2.69. The molecule has 1 heterocycles. The predicted octanol–water partition coefficient (Wildman–Crippen LogP) is 4.56. The van der Waals surface area contributed by atoms with Crippen LogP contribution in [0.2, 0.25) is 0 Å². The van der Waals surface area contributed by atoms with E-state index in [1.54, 1.807) is 0 Å². The lowest BCUT2D eigenvalue weighted by molar-refractivity contribution is 0.430. The average molecular weight is 286 g/mol. The maximum atomic E-state index is 4.55. The normalized spacial score (nSPS) is 17.9. The van der Waals surface area contributed by atoms with Crippen molar-refractivity contribution in [3.63, 3.8) is 0 Å². The summed E-state index contributed by atoms with van der Waals surface area (Å²) in [5, 5.41) is 5.00. The van der Waals surface area contributed by atoms with Gasteiger partial charge in [0.2, 0.25) is 0 Å². The molecular weight excluding hydrogens is 264 g/mol. The van der Waals surface area contributed by atoms with Crippen molar-refractivity contribution in [1.29, 1.82) is 0 Å². The Morgan fingerprint density at radius 2 is 1.90 bits per heavy atom. The molecule has 2 unspecified atom stereocenters. The van der Waals surface area contributed by atoms with Crippen molar-refractivity contribution in [2.24, 2.45) is 5.92 Å². The fourth-order valence-corrected chi connectivity index (χ4v) is 3.83. The first kappa shape index (κ1) is 13.8. The molecule has 106 valence electrons. The Bertz CT molecular complexity index is 572. The third-order valence-electron chi connectivity index (χ3n) is 4.01. The minimum Gasteiger partial charge on any atom is -0.302 e. The van der Waals surface area contributed by atoms with E-state index in [0.29, 0.717) is 12.1 Å². The first-order valence-electron chi connectivity index (χ1n) is 7.40. The van der Waals surface area contributed by atoms with Crippen LogP contribution in [0.15, 0.2) is 30.3 Å². The van der Waals surface area contributed by atoms with Gasteiger partial charge in [0.15, 0.2) is 0 Å². The largest absolute Gasteiger partial charge is 0.302 e. The van der Waals surface area contributed by atoms with Gasteiger partial charge in [-0.15, -0.1) is 11.3 Å². The summed E-state index contributed by atoms with van der Waals surface area (Å²) < 4.78 is 0. The number of nitrogens with zero attached hydrogens (tertiary/aromatic N) is 1. The van der Waals surface area contributed by atoms with Gasteiger partial charge in [-0.2, -0.15) is 0 Å². The molecule has 1 fully saturated rings. The second kappa shape index (κ2) is 5.66. The Kier molecular flexibility index (Phi) is 3.90. The van der Waals surface area contributed by atoms with E-state index in [2.05, 4.69) is 61.4 Å². The highest BCUT2D eigenvalue weighted by molar-refractivity contribution is 7.11. The maximum absolute atomic E-state index is 4.55. The molecule has 2 atom stereocenters. The van der Waals surface area contributed by atoms with E-state index in [4.69, 9.17) is 0 Å². The molecule has 0 aliphatic heterocycles. The lowest BCUT2D eigenvalue weighted by Crippen LogP contribution is -2.26. The van der Waals surface area contributed by atoms with Crippen molar-refractivity contribution in [2.45, 2.75) is 45.7 Å². The van der Waals surface area contributed by atoms with Crippen LogP contribution in [0.4, 0.5) is 0 Å². The van der Waals surface area contributed by atoms with Crippen LogP contribution in [-0.4, -0.2) is 4.98 Å². The summed E-state index contributed by atoms with van der Waals surface area (Å²) in [4.78, 5) is 5.93. The number of aromatic nitrogens is 1. The van der Waals surface area contributed by atoms with E-state index in [1.807, 2.05) is 11.3 Å². The fraction of sp³-hybridized carbons (Fsp3) is 0.471. The summed E-state index contributed by atoms with van der Waals surface area (Å²) in [6, 6.07) is 11.7. The Labute approximate surface area is 125 Å². The zero-order valence-electron chi connectivity index (χ0n) is 12.4. The number of rotatable bonds is 5. The van der Waals surface area contributed by atoms with Gasteiger partial charge in [-0.25, -0.2) is 4.98 Å². The molecule has 2 aromatic rings. The molecule has 3 heteroatoms. The Balaban J connectivity index is 1.79. The number of hydrogen-bond acceptors (Lipinski definition) is 3. The monoisotopic (exact) mass is 286 g/mol. The van der Waals surface area contributed by atoms with Crippen LogP contribution in [0.1, 0.15) is 53.0 Å². The molecular formula is C17H22N2S. The predicted molar refractivity (Wildman–Crippen MR) is 85.0 cm³/mol. The highest BCUT2D eigenvalue weighted by Gasteiger charge is 2.33. The van der Waals surface area contributed by atoms with Gasteiger partial charge in [0, 0.05) is 17.0 Å². The number of thiazole rings is 1. The van der Waals surface area contributed by atoms with Crippen LogP contribution in [0.3, 0.4) is 0 Å². The van der Waals surface area contributed by atoms with Crippen molar-refractivity contribution in [1.82, 2.24) is 10.3 Å². The quantitative estimate of drug-likeness (QED) is 0.871. The first-order chi connectivity index (χ1) is 9.65. The van der Waals surface area contributed by atoms with Crippen LogP contribution >= 0.6 is 11.3 Å². The molecule has 0 spiro atoms. The van der Waals surface area contributed by atoms with Gasteiger partial charge >= 0.3 is 0 Å². The summed E-state index contributed by atoms with van der Waals surface area (Å²) >= 11 is 1.82. The van der Waals surface area contributed by atoms with Gasteiger partial charge in [-0.3, -0.25) is 0 Å². The summed E-state index contributed by atoms with van der Waals surface area (Å²) in [6.45, 7) is 6.47. The van der Waals surface area contributed by atoms with Crippen LogP contribution in [-0.2, 0) is 0 Å². The molecule has 0 bridgehead atoms. The van der Waals surface area contributed by atoms with Crippen molar-refractivity contribution in [2.75, 3.05) is 0 Å². The van der Waals surface area contributed by atoms with Crippen molar-refractivity contribution in [3.05, 3.63) is 51.5 Å². The Morgan fingerprint density at radius 1 is 1.20 bits per heavy atom. The lowest BCUT2D eigenvalue weighted by Gasteiger charge is -2.23. The zero-order chi connectivity index (χ0) is 14.1. The van der Waals surface area contributed by atoms with E-state index in [1.165, 1.54) is 29.0 Å². The molecule has 0 saturated heterocycles. The van der Waals surface area contributed by atoms with Crippen LogP contribution < -0.4 is 5.32 Å². The van der Waals surface area contributed by atoms with Gasteiger partial charge < -0.3 is 5.32 Å². The smallest absolute Gasteiger partial charge is 0.0900 e. The van der Waals surface area contributed by atoms with Crippen molar-refractivity contribution < 1.29 is 0 Å². The molecule has 1 aromatic heterocycles. The molecule has 1 aliphatic rings. The second-order valence-corrected chi connectivity index (χ2v) is 7.03. The van der Waals surface area contributed by atoms with Gasteiger partial charge in [0.05, 0.1) is 10.7 Å². The second-order valence-electron chi connectivity index (χ2n) is 5.80. The Morgan fingerprint density at radius 3 is 2.45 bits per heavy atom. The van der Waals surface area contributed by atoms with Gasteiger partial charge in [-0.1, -0.05) is 30.3 Å². The molecule has 2 nitrogen and oxygen atoms in total. The van der Waals surface area contributed by atoms with E-state index < -0.39 is 0 Å². The SMILES string of the molecule is Cc1nc(C)c(C(C)NC(c2ccccc2)C2CC2)s1. The van der Waals surface area contributed by atoms with Crippen molar-refractivity contribution >= 4 is 11.3 Å². The number of aryl methyl sites for hydroxylation is 2. The van der Waals surface area contributed by atoms with Crippen molar-refractivity contribution in [3.8, 4) is 0 Å². The third-order valence-corrected chi connectivity index (χ3v) is 5.27. The third kappa shape index (κ3) is 2.94. The molecule has 1 aliphatic carbocycles. The lowest BCUT2D eigenvalue weighted by atomic mass is 10.0. The van der Waals surface area contributed by atoms with E-state index in [0.717, 1.165) is 10.9 Å². The molecule has 20 heavy (non-hydrogen) atoms. The van der Waals surface area contributed by atoms with Crippen LogP contribution in [0.25, 0.3) is 0 Å². The maximum Gasteiger partial charge on any atom is 0.0900 e. The number of nitrogens with one attached hydrogen (secondary N) is 1. The van der Waals surface area contributed by atoms with Crippen LogP contribution in [0, 0.1) is 19.8 Å². The van der Waals surface area contributed by atoms with Gasteiger partial charge in [0.1, 0.15) is 0 Å². The average Bonchev–Trinajstić information content (AvgIpc) is 3.22. The Hall–Kier alpha value is -1.19. The molecule has 1 N–H and O–H groups in total. The summed E-state index contributed by atoms with van der Waals surface area (Å²) in [7, 11) is 0. The van der Waals surface area contributed by atoms with E-state index in [9.17, 15) is 0 Å². The highest BCUT2D eigenvalue weighted by Crippen LogP contribution is 2.42. The number of hydrogen-bond donors (Lipinski definition) is 1. The van der Waals surface area contributed by atoms with E-state index in [-0.39, 0.29) is 0 Å². The molecule has 1 saturated carbocycles. The first-order valence-corrected chi connectivity index (χ1v) is 8.21. The van der Waals surface area contributed by atoms with Crippen LogP contribution in [0.5, 0.6) is 0 Å². The molecule has 0 amide bonds. The minimum atomic E-state index is 0.368. The molecule has 3 rings (SSSR count). The van der Waals surface area contributed by atoms with Gasteiger partial charge in [-0.05, 0) is 45.1 Å². The summed E-state index contributed by atoms with van der Waals surface area (Å²) in [5.41, 5.74) is 2.59. The zero-order valence-corrected chi connectivity index (χ0v) is 13.2. The van der Waals surface area contributed by atoms with E-state index >= 15 is 0 Å². The molecule has 0 radical (unpaired) electrons. The minimum absolute atomic E-state index is 0.368. The highest BCUT2D eigenvalue weighted by atomic mass is 32.1. The standard InChI is InChI=1S/C17H22N2S/c1-11-17(20-13(3)18-11)12(2)19-16(15-9-10-15)14-7-5-4-6-8-14/h4-8,12,15-16,19H,9-10H2,1-3H3.